The van der Waals surface area contributed by atoms with Crippen LogP contribution in [0.2, 0.25) is 0 Å². The van der Waals surface area contributed by atoms with Gasteiger partial charge in [0.15, 0.2) is 23.3 Å². The second-order valence-electron chi connectivity index (χ2n) is 17.9. The molecule has 3 aromatic heterocycles. The minimum atomic E-state index is -0.105. The summed E-state index contributed by atoms with van der Waals surface area (Å²) in [7, 11) is 0. The molecule has 0 spiro atoms. The molecule has 8 heteroatoms. The van der Waals surface area contributed by atoms with E-state index in [0.29, 0.717) is 57.0 Å². The number of nitrogens with one attached hydrogen (secondary N) is 2. The topological polar surface area (TPSA) is 109 Å². The normalized spacial score (nSPS) is 12.7. The molecule has 0 aliphatic carbocycles. The van der Waals surface area contributed by atoms with E-state index in [1.807, 2.05) is 12.1 Å². The molecule has 2 N–H and O–H groups in total. The van der Waals surface area contributed by atoms with Crippen molar-refractivity contribution < 1.29 is 0 Å². The number of nitrogens with zero attached hydrogens (tertiary/aromatic N) is 6. The van der Waals surface area contributed by atoms with Crippen LogP contribution in [0.1, 0.15) is 90.1 Å². The lowest BCUT2D eigenvalue weighted by Crippen LogP contribution is -2.10. The zero-order chi connectivity index (χ0) is 39.5. The number of aromatic amines is 2. The van der Waals surface area contributed by atoms with E-state index in [1.54, 1.807) is 0 Å². The van der Waals surface area contributed by atoms with Crippen molar-refractivity contribution in [1.82, 2.24) is 39.9 Å². The third-order valence-corrected chi connectivity index (χ3v) is 10.9. The van der Waals surface area contributed by atoms with Crippen molar-refractivity contribution in [2.45, 2.75) is 78.6 Å². The molecule has 2 aliphatic rings. The molecular formula is C48H42N8. The molecular weight excluding hydrogens is 689 g/mol. The molecule has 0 unspecified atom stereocenters. The van der Waals surface area contributed by atoms with Crippen LogP contribution in [0, 0.1) is 24.7 Å². The van der Waals surface area contributed by atoms with Crippen molar-refractivity contribution in [1.29, 1.82) is 0 Å². The van der Waals surface area contributed by atoms with E-state index in [-0.39, 0.29) is 16.2 Å². The molecule has 0 fully saturated rings. The van der Waals surface area contributed by atoms with E-state index in [4.69, 9.17) is 42.8 Å². The van der Waals surface area contributed by atoms with Gasteiger partial charge in [-0.25, -0.2) is 29.9 Å². The van der Waals surface area contributed by atoms with Gasteiger partial charge < -0.3 is 9.97 Å². The SMILES string of the molecule is C#Cc1cc2c(cc1C#C)-c1nc-2nc2nc(nc3[nH]c(nc4[nH]c(n1)c1ccc(C(C)(C)C)cc41)c1ccc(C(C)(C)C)cc31)-c1cc(C(C)(C)C)ccc1-2. The van der Waals surface area contributed by atoms with Gasteiger partial charge in [0.25, 0.3) is 0 Å². The molecule has 0 amide bonds. The first kappa shape index (κ1) is 35.1. The Morgan fingerprint density at radius 1 is 0.393 bits per heavy atom. The van der Waals surface area contributed by atoms with Gasteiger partial charge in [0.05, 0.1) is 0 Å². The number of terminal acetylenes is 2. The Balaban J connectivity index is 1.49. The third kappa shape index (κ3) is 5.64. The summed E-state index contributed by atoms with van der Waals surface area (Å²) < 4.78 is 0. The van der Waals surface area contributed by atoms with Crippen molar-refractivity contribution in [3.05, 3.63) is 94.5 Å². The number of fused-ring (bicyclic) bond motifs is 20. The van der Waals surface area contributed by atoms with E-state index < -0.39 is 0 Å². The highest BCUT2D eigenvalue weighted by molar-refractivity contribution is 6.08. The number of hydrogen-bond acceptors (Lipinski definition) is 6. The van der Waals surface area contributed by atoms with Gasteiger partial charge in [-0.05, 0) is 63.3 Å². The van der Waals surface area contributed by atoms with Gasteiger partial charge in [-0.1, -0.05) is 111 Å². The van der Waals surface area contributed by atoms with E-state index in [1.165, 1.54) is 11.1 Å². The molecule has 56 heavy (non-hydrogen) atoms. The van der Waals surface area contributed by atoms with Crippen molar-refractivity contribution in [3.8, 4) is 70.2 Å². The van der Waals surface area contributed by atoms with Gasteiger partial charge in [-0.15, -0.1) is 12.8 Å². The lowest BCUT2D eigenvalue weighted by molar-refractivity contribution is 0.590. The van der Waals surface area contributed by atoms with Gasteiger partial charge in [0.2, 0.25) is 0 Å². The fourth-order valence-electron chi connectivity index (χ4n) is 7.48. The van der Waals surface area contributed by atoms with Gasteiger partial charge >= 0.3 is 0 Å². The van der Waals surface area contributed by atoms with Crippen LogP contribution in [0.4, 0.5) is 0 Å². The monoisotopic (exact) mass is 730 g/mol. The zero-order valence-electron chi connectivity index (χ0n) is 33.2. The summed E-state index contributed by atoms with van der Waals surface area (Å²) in [5.74, 6) is 7.45. The maximum Gasteiger partial charge on any atom is 0.164 e. The molecule has 0 radical (unpaired) electrons. The molecule has 8 bridgehead atoms. The van der Waals surface area contributed by atoms with Gasteiger partial charge in [-0.2, -0.15) is 0 Å². The Bertz CT molecular complexity index is 3110. The number of aromatic nitrogens is 8. The van der Waals surface area contributed by atoms with Crippen LogP contribution in [0.3, 0.4) is 0 Å². The summed E-state index contributed by atoms with van der Waals surface area (Å²) in [4.78, 5) is 38.4. The van der Waals surface area contributed by atoms with Crippen LogP contribution in [0.15, 0.2) is 66.7 Å². The molecule has 2 aliphatic heterocycles. The van der Waals surface area contributed by atoms with Crippen LogP contribution in [0.25, 0.3) is 89.7 Å². The Morgan fingerprint density at radius 2 is 0.750 bits per heavy atom. The number of benzene rings is 4. The Kier molecular flexibility index (Phi) is 7.47. The third-order valence-electron chi connectivity index (χ3n) is 10.9. The van der Waals surface area contributed by atoms with E-state index in [2.05, 4.69) is 139 Å². The minimum absolute atomic E-state index is 0.0854. The summed E-state index contributed by atoms with van der Waals surface area (Å²) in [6.07, 6.45) is 11.9. The summed E-state index contributed by atoms with van der Waals surface area (Å²) in [5, 5.41) is 3.75. The highest BCUT2D eigenvalue weighted by Crippen LogP contribution is 2.41. The van der Waals surface area contributed by atoms with E-state index in [9.17, 15) is 0 Å². The minimum Gasteiger partial charge on any atom is -0.324 e. The molecule has 0 saturated heterocycles. The first-order valence-electron chi connectivity index (χ1n) is 18.9. The second-order valence-corrected chi connectivity index (χ2v) is 17.9. The summed E-state index contributed by atoms with van der Waals surface area (Å²) in [5.41, 5.74) is 10.3. The Morgan fingerprint density at radius 3 is 1.21 bits per heavy atom. The fourth-order valence-corrected chi connectivity index (χ4v) is 7.48. The molecule has 9 rings (SSSR count). The number of H-pyrrole nitrogens is 2. The molecule has 5 heterocycles. The van der Waals surface area contributed by atoms with E-state index >= 15 is 0 Å². The number of rotatable bonds is 0. The lowest BCUT2D eigenvalue weighted by atomic mass is 9.85. The quantitative estimate of drug-likeness (QED) is 0.150. The fraction of sp³-hybridized carbons (Fsp3) is 0.250. The standard InChI is InChI=1S/C48H42N8/c1-12-25-20-33-34(21-26(25)13-2)42-50-39-31-18-15-28(47(6,7)8)23-36(31)44(53-39)56-45-37-24-29(48(9,10)11)16-19-32(37)40(54-45)52-43-35-22-27(46(3,4)5)14-17-30(35)38(51-43)49-41(33)55-42/h1-2,14-24H,3-11H3,(H2,49,50,51,52,53,54,55,56). The van der Waals surface area contributed by atoms with Crippen LogP contribution in [-0.2, 0) is 16.2 Å². The predicted molar refractivity (Wildman–Crippen MR) is 228 cm³/mol. The van der Waals surface area contributed by atoms with Crippen LogP contribution >= 0.6 is 0 Å². The molecule has 0 atom stereocenters. The summed E-state index contributed by atoms with van der Waals surface area (Å²) in [6.45, 7) is 19.9. The molecule has 8 nitrogen and oxygen atoms in total. The average Bonchev–Trinajstić information content (AvgIpc) is 3.87. The molecule has 4 aromatic carbocycles. The van der Waals surface area contributed by atoms with Crippen molar-refractivity contribution in [3.63, 3.8) is 0 Å². The molecule has 7 aromatic rings. The van der Waals surface area contributed by atoms with Gasteiger partial charge in [0.1, 0.15) is 22.6 Å². The van der Waals surface area contributed by atoms with E-state index in [0.717, 1.165) is 49.4 Å². The van der Waals surface area contributed by atoms with Crippen molar-refractivity contribution in [2.75, 3.05) is 0 Å². The van der Waals surface area contributed by atoms with Crippen molar-refractivity contribution in [2.24, 2.45) is 0 Å². The average molecular weight is 731 g/mol. The smallest absolute Gasteiger partial charge is 0.164 e. The number of hydrogen-bond donors (Lipinski definition) is 2. The highest BCUT2D eigenvalue weighted by Gasteiger charge is 2.27. The summed E-state index contributed by atoms with van der Waals surface area (Å²) >= 11 is 0. The predicted octanol–water partition coefficient (Wildman–Crippen LogP) is 10.7. The largest absolute Gasteiger partial charge is 0.324 e. The van der Waals surface area contributed by atoms with Gasteiger partial charge in [-0.3, -0.25) is 0 Å². The maximum absolute atomic E-state index is 5.97. The van der Waals surface area contributed by atoms with Crippen LogP contribution in [-0.4, -0.2) is 39.9 Å². The Hall–Kier alpha value is -6.64. The molecule has 274 valence electrons. The maximum atomic E-state index is 5.97. The van der Waals surface area contributed by atoms with Gasteiger partial charge in [0, 0.05) is 54.9 Å². The lowest BCUT2D eigenvalue weighted by Gasteiger charge is -2.19. The Labute approximate surface area is 326 Å². The zero-order valence-corrected chi connectivity index (χ0v) is 33.2. The van der Waals surface area contributed by atoms with Crippen molar-refractivity contribution >= 4 is 44.1 Å². The highest BCUT2D eigenvalue weighted by atomic mass is 15.1. The van der Waals surface area contributed by atoms with Crippen LogP contribution in [0.5, 0.6) is 0 Å². The van der Waals surface area contributed by atoms with Crippen LogP contribution < -0.4 is 0 Å². The first-order chi connectivity index (χ1) is 26.5. The second kappa shape index (κ2) is 11.9. The summed E-state index contributed by atoms with van der Waals surface area (Å²) in [6, 6.07) is 23.1. The molecule has 0 saturated carbocycles. The first-order valence-corrected chi connectivity index (χ1v) is 18.9.